The van der Waals surface area contributed by atoms with Gasteiger partial charge in [0.2, 0.25) is 0 Å². The van der Waals surface area contributed by atoms with Crippen molar-refractivity contribution < 1.29 is 0 Å². The van der Waals surface area contributed by atoms with Crippen molar-refractivity contribution in [3.05, 3.63) is 10.8 Å². The quantitative estimate of drug-likeness (QED) is 0.331. The van der Waals surface area contributed by atoms with Crippen LogP contribution in [0.25, 0.3) is 0 Å². The molecule has 0 fully saturated rings. The van der Waals surface area contributed by atoms with Crippen LogP contribution in [0.15, 0.2) is 10.8 Å². The van der Waals surface area contributed by atoms with E-state index in [0.717, 1.165) is 0 Å². The van der Waals surface area contributed by atoms with Crippen molar-refractivity contribution in [3.8, 4) is 0 Å². The molecule has 48 valence electrons. The maximum Gasteiger partial charge on any atom is -0.0102 e. The Morgan fingerprint density at radius 3 is 2.62 bits per heavy atom. The molecular weight excluding hydrogens is 216 g/mol. The second-order valence-corrected chi connectivity index (χ2v) is 6.31. The zero-order chi connectivity index (χ0) is 6.24. The maximum absolute atomic E-state index is 4.60. The molecular formula is C2H3S6-. The Hall–Kier alpha value is 1.84. The zero-order valence-electron chi connectivity index (χ0n) is 3.64. The molecule has 0 aromatic heterocycles. The van der Waals surface area contributed by atoms with Crippen molar-refractivity contribution in [2.45, 2.75) is 0 Å². The average molecular weight is 219 g/mol. The predicted octanol–water partition coefficient (Wildman–Crippen LogP) is 3.53. The van der Waals surface area contributed by atoms with E-state index in [2.05, 4.69) is 23.3 Å². The minimum atomic E-state index is 1.33. The summed E-state index contributed by atoms with van der Waals surface area (Å²) in [7, 11) is 5.88. The van der Waals surface area contributed by atoms with Gasteiger partial charge in [-0.25, -0.2) is 0 Å². The molecule has 0 unspecified atom stereocenters. The standard InChI is InChI=1S/C2H4S6/c3-5-1-2-6-8-7-4/h1-4H/p-1/b2-1+. The van der Waals surface area contributed by atoms with Crippen LogP contribution in [0.1, 0.15) is 0 Å². The van der Waals surface area contributed by atoms with E-state index in [1.807, 2.05) is 10.8 Å². The molecule has 0 rings (SSSR count). The van der Waals surface area contributed by atoms with Crippen LogP contribution in [0.4, 0.5) is 0 Å². The van der Waals surface area contributed by atoms with Crippen molar-refractivity contribution >= 4 is 64.6 Å². The molecule has 0 nitrogen and oxygen atoms in total. The fraction of sp³-hybridized carbons (Fsp3) is 0. The molecule has 8 heavy (non-hydrogen) atoms. The third kappa shape index (κ3) is 7.84. The lowest BCUT2D eigenvalue weighted by molar-refractivity contribution is 2.60. The number of hydrogen-bond acceptors (Lipinski definition) is 6. The topological polar surface area (TPSA) is 0 Å². The van der Waals surface area contributed by atoms with Crippen molar-refractivity contribution in [2.75, 3.05) is 0 Å². The fourth-order valence-corrected chi connectivity index (χ4v) is 3.19. The molecule has 0 aromatic carbocycles. The summed E-state index contributed by atoms with van der Waals surface area (Å²) < 4.78 is 0. The third-order valence-corrected chi connectivity index (χ3v) is 4.86. The van der Waals surface area contributed by atoms with Crippen LogP contribution in [-0.2, 0) is 11.7 Å². The molecule has 0 bridgehead atoms. The largest absolute Gasteiger partial charge is 0.706 e. The Morgan fingerprint density at radius 2 is 2.12 bits per heavy atom. The first-order chi connectivity index (χ1) is 3.91. The van der Waals surface area contributed by atoms with Crippen LogP contribution in [-0.4, -0.2) is 0 Å². The Balaban J connectivity index is 2.80. The van der Waals surface area contributed by atoms with Gasteiger partial charge in [0.05, 0.1) is 0 Å². The lowest BCUT2D eigenvalue weighted by Crippen LogP contribution is -1.34. The van der Waals surface area contributed by atoms with Crippen LogP contribution in [0.3, 0.4) is 0 Å². The summed E-state index contributed by atoms with van der Waals surface area (Å²) in [6.07, 6.45) is 0. The van der Waals surface area contributed by atoms with Gasteiger partial charge in [0.25, 0.3) is 0 Å². The van der Waals surface area contributed by atoms with E-state index >= 15 is 0 Å². The maximum atomic E-state index is 4.60. The van der Waals surface area contributed by atoms with Gasteiger partial charge in [-0.05, 0) is 20.6 Å². The molecule has 0 amide bonds. The molecule has 0 atom stereocenters. The smallest absolute Gasteiger partial charge is 0.0102 e. The first kappa shape index (κ1) is 9.84. The molecule has 0 saturated carbocycles. The van der Waals surface area contributed by atoms with Gasteiger partial charge in [0.1, 0.15) is 0 Å². The Labute approximate surface area is 74.8 Å². The predicted molar refractivity (Wildman–Crippen MR) is 55.9 cm³/mol. The van der Waals surface area contributed by atoms with Gasteiger partial charge in [0, 0.05) is 0 Å². The SMILES string of the molecule is [S-]SSS/C=C/SS. The highest BCUT2D eigenvalue weighted by Crippen LogP contribution is 2.34. The molecule has 0 aliphatic carbocycles. The molecule has 0 aromatic rings. The molecule has 0 aliphatic heterocycles. The molecule has 0 aliphatic rings. The minimum Gasteiger partial charge on any atom is -0.706 e. The molecule has 0 saturated heterocycles. The number of hydrogen-bond donors (Lipinski definition) is 1. The highest BCUT2D eigenvalue weighted by molar-refractivity contribution is 9.21. The average Bonchev–Trinajstić information content (AvgIpc) is 1.81. The second kappa shape index (κ2) is 8.84. The second-order valence-electron chi connectivity index (χ2n) is 0.610. The van der Waals surface area contributed by atoms with E-state index in [9.17, 15) is 0 Å². The van der Waals surface area contributed by atoms with Crippen molar-refractivity contribution in [2.24, 2.45) is 0 Å². The summed E-state index contributed by atoms with van der Waals surface area (Å²) >= 11 is 8.50. The van der Waals surface area contributed by atoms with Crippen LogP contribution >= 0.6 is 52.9 Å². The highest BCUT2D eigenvalue weighted by atomic mass is 33.7. The molecule has 0 N–H and O–H groups in total. The van der Waals surface area contributed by atoms with Gasteiger partial charge >= 0.3 is 0 Å². The van der Waals surface area contributed by atoms with Crippen LogP contribution in [0, 0.1) is 0 Å². The minimum absolute atomic E-state index is 1.33. The van der Waals surface area contributed by atoms with E-state index in [1.165, 1.54) is 20.6 Å². The van der Waals surface area contributed by atoms with Crippen LogP contribution in [0.5, 0.6) is 0 Å². The van der Waals surface area contributed by atoms with Gasteiger partial charge in [-0.2, -0.15) is 0 Å². The van der Waals surface area contributed by atoms with Gasteiger partial charge in [-0.3, -0.25) is 9.83 Å². The summed E-state index contributed by atoms with van der Waals surface area (Å²) in [6, 6.07) is 0. The van der Waals surface area contributed by atoms with Gasteiger partial charge in [-0.1, -0.05) is 21.6 Å². The lowest BCUT2D eigenvalue weighted by atomic mass is 11.3. The summed E-state index contributed by atoms with van der Waals surface area (Å²) in [6.45, 7) is 0. The summed E-state index contributed by atoms with van der Waals surface area (Å²) in [4.78, 5) is 0. The van der Waals surface area contributed by atoms with E-state index in [0.29, 0.717) is 0 Å². The van der Waals surface area contributed by atoms with Crippen LogP contribution in [0.2, 0.25) is 0 Å². The lowest BCUT2D eigenvalue weighted by Gasteiger charge is -1.96. The van der Waals surface area contributed by atoms with Crippen molar-refractivity contribution in [1.82, 2.24) is 0 Å². The summed E-state index contributed by atoms with van der Waals surface area (Å²) in [5.74, 6) is 0. The normalized spacial score (nSPS) is 10.8. The van der Waals surface area contributed by atoms with Gasteiger partial charge < -0.3 is 11.7 Å². The molecule has 0 radical (unpaired) electrons. The Morgan fingerprint density at radius 1 is 1.38 bits per heavy atom. The molecule has 0 heterocycles. The highest BCUT2D eigenvalue weighted by Gasteiger charge is 1.71. The van der Waals surface area contributed by atoms with Gasteiger partial charge in [-0.15, -0.1) is 11.7 Å². The zero-order valence-corrected chi connectivity index (χ0v) is 8.62. The number of rotatable bonds is 4. The fourth-order valence-electron chi connectivity index (χ4n) is 0.0862. The van der Waals surface area contributed by atoms with E-state index < -0.39 is 0 Å². The van der Waals surface area contributed by atoms with Gasteiger partial charge in [0.15, 0.2) is 0 Å². The summed E-state index contributed by atoms with van der Waals surface area (Å²) in [5.41, 5.74) is 0. The molecule has 0 spiro atoms. The van der Waals surface area contributed by atoms with E-state index in [4.69, 9.17) is 0 Å². The van der Waals surface area contributed by atoms with Crippen LogP contribution < -0.4 is 0 Å². The number of thiol groups is 1. The van der Waals surface area contributed by atoms with E-state index in [1.54, 1.807) is 20.6 Å². The monoisotopic (exact) mass is 219 g/mol. The van der Waals surface area contributed by atoms with Crippen molar-refractivity contribution in [3.63, 3.8) is 0 Å². The van der Waals surface area contributed by atoms with E-state index in [-0.39, 0.29) is 0 Å². The van der Waals surface area contributed by atoms with Crippen molar-refractivity contribution in [1.29, 1.82) is 0 Å². The third-order valence-electron chi connectivity index (χ3n) is 0.239. The first-order valence-corrected chi connectivity index (χ1v) is 7.89. The molecule has 6 heteroatoms. The summed E-state index contributed by atoms with van der Waals surface area (Å²) in [5, 5.41) is 3.84. The first-order valence-electron chi connectivity index (χ1n) is 1.49. The Bertz CT molecular complexity index is 59.5. The Kier molecular flexibility index (Phi) is 10.9.